The van der Waals surface area contributed by atoms with E-state index in [1.807, 2.05) is 0 Å². The van der Waals surface area contributed by atoms with E-state index in [1.54, 1.807) is 0 Å². The van der Waals surface area contributed by atoms with Gasteiger partial charge < -0.3 is 9.47 Å². The first-order valence-corrected chi connectivity index (χ1v) is 6.35. The van der Waals surface area contributed by atoms with Crippen molar-refractivity contribution in [2.24, 2.45) is 17.8 Å². The van der Waals surface area contributed by atoms with Gasteiger partial charge in [-0.3, -0.25) is 0 Å². The molecule has 0 aromatic rings. The Balaban J connectivity index is 2.16. The molecule has 4 unspecified atom stereocenters. The molecule has 88 valence electrons. The largest absolute Gasteiger partial charge is 0.347 e. The summed E-state index contributed by atoms with van der Waals surface area (Å²) in [5.74, 6) is 1.73. The van der Waals surface area contributed by atoms with E-state index in [0.29, 0.717) is 11.8 Å². The first-order chi connectivity index (χ1) is 7.03. The van der Waals surface area contributed by atoms with Crippen molar-refractivity contribution in [1.82, 2.24) is 0 Å². The topological polar surface area (TPSA) is 18.5 Å². The first kappa shape index (κ1) is 11.4. The zero-order valence-electron chi connectivity index (χ0n) is 10.5. The quantitative estimate of drug-likeness (QED) is 0.664. The maximum atomic E-state index is 6.11. The molecule has 2 heteroatoms. The minimum atomic E-state index is -0.245. The molecule has 2 fully saturated rings. The molecule has 0 radical (unpaired) electrons. The van der Waals surface area contributed by atoms with Gasteiger partial charge in [-0.15, -0.1) is 0 Å². The van der Waals surface area contributed by atoms with E-state index < -0.39 is 0 Å². The highest BCUT2D eigenvalue weighted by Crippen LogP contribution is 2.47. The summed E-state index contributed by atoms with van der Waals surface area (Å²) in [6.07, 6.45) is 3.94. The third kappa shape index (κ3) is 2.07. The predicted octanol–water partition coefficient (Wildman–Crippen LogP) is 3.21. The van der Waals surface area contributed by atoms with E-state index in [-0.39, 0.29) is 11.9 Å². The lowest BCUT2D eigenvalue weighted by atomic mass is 9.73. The number of rotatable bonds is 1. The molecule has 0 amide bonds. The molecule has 1 heterocycles. The third-order valence-electron chi connectivity index (χ3n) is 3.94. The molecule has 15 heavy (non-hydrogen) atoms. The van der Waals surface area contributed by atoms with Gasteiger partial charge in [0.05, 0.1) is 12.7 Å². The van der Waals surface area contributed by atoms with Crippen molar-refractivity contribution >= 4 is 0 Å². The van der Waals surface area contributed by atoms with Crippen LogP contribution in [0.4, 0.5) is 0 Å². The van der Waals surface area contributed by atoms with Crippen LogP contribution in [-0.4, -0.2) is 18.5 Å². The van der Waals surface area contributed by atoms with E-state index in [1.165, 1.54) is 12.8 Å². The van der Waals surface area contributed by atoms with Crippen molar-refractivity contribution in [2.45, 2.75) is 58.8 Å². The summed E-state index contributed by atoms with van der Waals surface area (Å²) < 4.78 is 12.1. The van der Waals surface area contributed by atoms with Gasteiger partial charge in [0.2, 0.25) is 0 Å². The summed E-state index contributed by atoms with van der Waals surface area (Å²) in [7, 11) is 0. The van der Waals surface area contributed by atoms with Gasteiger partial charge >= 0.3 is 0 Å². The highest BCUT2D eigenvalue weighted by Gasteiger charge is 2.50. The molecular formula is C13H24O2. The van der Waals surface area contributed by atoms with Crippen molar-refractivity contribution in [3.05, 3.63) is 0 Å². The summed E-state index contributed by atoms with van der Waals surface area (Å²) in [6.45, 7) is 9.78. The van der Waals surface area contributed by atoms with Crippen LogP contribution in [0.1, 0.15) is 47.0 Å². The molecule has 1 aliphatic carbocycles. The van der Waals surface area contributed by atoms with Gasteiger partial charge in [-0.05, 0) is 25.2 Å². The van der Waals surface area contributed by atoms with Crippen LogP contribution in [0.25, 0.3) is 0 Å². The first-order valence-electron chi connectivity index (χ1n) is 6.35. The van der Waals surface area contributed by atoms with Crippen LogP contribution in [0, 0.1) is 17.8 Å². The molecule has 0 aromatic carbocycles. The van der Waals surface area contributed by atoms with Gasteiger partial charge in [0.15, 0.2) is 5.79 Å². The zero-order chi connectivity index (χ0) is 11.1. The SMILES string of the molecule is CC1CCC(C(C)C)C2(C1)OCC(C)O2. The van der Waals surface area contributed by atoms with E-state index in [0.717, 1.165) is 18.9 Å². The summed E-state index contributed by atoms with van der Waals surface area (Å²) >= 11 is 0. The summed E-state index contributed by atoms with van der Waals surface area (Å²) in [5.41, 5.74) is 0. The van der Waals surface area contributed by atoms with Crippen LogP contribution in [0.5, 0.6) is 0 Å². The van der Waals surface area contributed by atoms with Crippen LogP contribution in [0.15, 0.2) is 0 Å². The smallest absolute Gasteiger partial charge is 0.172 e. The Hall–Kier alpha value is -0.0800. The fourth-order valence-electron chi connectivity index (χ4n) is 3.23. The Kier molecular flexibility index (Phi) is 3.09. The van der Waals surface area contributed by atoms with Gasteiger partial charge in [-0.2, -0.15) is 0 Å². The molecule has 1 saturated carbocycles. The molecule has 1 aliphatic heterocycles. The van der Waals surface area contributed by atoms with Crippen LogP contribution in [0.2, 0.25) is 0 Å². The van der Waals surface area contributed by atoms with Crippen LogP contribution < -0.4 is 0 Å². The number of hydrogen-bond acceptors (Lipinski definition) is 2. The second-order valence-electron chi connectivity index (χ2n) is 5.79. The Bertz CT molecular complexity index is 227. The van der Waals surface area contributed by atoms with Crippen molar-refractivity contribution in [3.8, 4) is 0 Å². The fraction of sp³-hybridized carbons (Fsp3) is 1.00. The maximum Gasteiger partial charge on any atom is 0.172 e. The van der Waals surface area contributed by atoms with Gasteiger partial charge in [0, 0.05) is 12.3 Å². The summed E-state index contributed by atoms with van der Waals surface area (Å²) in [4.78, 5) is 0. The lowest BCUT2D eigenvalue weighted by Crippen LogP contribution is -2.46. The summed E-state index contributed by atoms with van der Waals surface area (Å²) in [6, 6.07) is 0. The molecule has 2 aliphatic rings. The van der Waals surface area contributed by atoms with Gasteiger partial charge in [-0.25, -0.2) is 0 Å². The fourth-order valence-corrected chi connectivity index (χ4v) is 3.23. The number of hydrogen-bond donors (Lipinski definition) is 0. The van der Waals surface area contributed by atoms with Crippen molar-refractivity contribution in [2.75, 3.05) is 6.61 Å². The molecule has 2 rings (SSSR count). The minimum Gasteiger partial charge on any atom is -0.347 e. The molecule has 0 bridgehead atoms. The van der Waals surface area contributed by atoms with E-state index >= 15 is 0 Å². The molecule has 1 spiro atoms. The average Bonchev–Trinajstić information content (AvgIpc) is 2.47. The number of ether oxygens (including phenoxy) is 2. The second kappa shape index (κ2) is 4.06. The Morgan fingerprint density at radius 1 is 1.20 bits per heavy atom. The van der Waals surface area contributed by atoms with Crippen molar-refractivity contribution in [1.29, 1.82) is 0 Å². The maximum absolute atomic E-state index is 6.11. The Morgan fingerprint density at radius 2 is 1.93 bits per heavy atom. The van der Waals surface area contributed by atoms with Crippen molar-refractivity contribution in [3.63, 3.8) is 0 Å². The van der Waals surface area contributed by atoms with Crippen LogP contribution in [-0.2, 0) is 9.47 Å². The Morgan fingerprint density at radius 3 is 2.47 bits per heavy atom. The van der Waals surface area contributed by atoms with E-state index in [9.17, 15) is 0 Å². The average molecular weight is 212 g/mol. The second-order valence-corrected chi connectivity index (χ2v) is 5.79. The minimum absolute atomic E-state index is 0.245. The molecule has 1 saturated heterocycles. The van der Waals surface area contributed by atoms with Crippen molar-refractivity contribution < 1.29 is 9.47 Å². The lowest BCUT2D eigenvalue weighted by Gasteiger charge is -2.44. The zero-order valence-corrected chi connectivity index (χ0v) is 10.5. The normalized spacial score (nSPS) is 46.6. The Labute approximate surface area is 93.3 Å². The van der Waals surface area contributed by atoms with E-state index in [2.05, 4.69) is 27.7 Å². The standard InChI is InChI=1S/C13H24O2/c1-9(2)12-6-5-10(3)7-13(12)14-8-11(4)15-13/h9-12H,5-8H2,1-4H3. The van der Waals surface area contributed by atoms with Gasteiger partial charge in [-0.1, -0.05) is 27.2 Å². The van der Waals surface area contributed by atoms with E-state index in [4.69, 9.17) is 9.47 Å². The van der Waals surface area contributed by atoms with Crippen LogP contribution in [0.3, 0.4) is 0 Å². The highest BCUT2D eigenvalue weighted by atomic mass is 16.7. The molecule has 0 aromatic heterocycles. The molecular weight excluding hydrogens is 188 g/mol. The van der Waals surface area contributed by atoms with Crippen LogP contribution >= 0.6 is 0 Å². The van der Waals surface area contributed by atoms with Gasteiger partial charge in [0.1, 0.15) is 0 Å². The summed E-state index contributed by atoms with van der Waals surface area (Å²) in [5, 5.41) is 0. The third-order valence-corrected chi connectivity index (χ3v) is 3.94. The molecule has 2 nitrogen and oxygen atoms in total. The highest BCUT2D eigenvalue weighted by molar-refractivity contribution is 4.91. The monoisotopic (exact) mass is 212 g/mol. The predicted molar refractivity (Wildman–Crippen MR) is 60.6 cm³/mol. The molecule has 0 N–H and O–H groups in total. The lowest BCUT2D eigenvalue weighted by molar-refractivity contribution is -0.237. The molecule has 4 atom stereocenters. The van der Waals surface area contributed by atoms with Gasteiger partial charge in [0.25, 0.3) is 0 Å².